The molecule has 7 nitrogen and oxygen atoms in total. The fourth-order valence-electron chi connectivity index (χ4n) is 3.07. The van der Waals surface area contributed by atoms with E-state index >= 15 is 0 Å². The van der Waals surface area contributed by atoms with Crippen molar-refractivity contribution in [3.63, 3.8) is 0 Å². The number of carbonyl (C=O) groups excluding carboxylic acids is 2. The fraction of sp³-hybridized carbons (Fsp3) is 0.467. The van der Waals surface area contributed by atoms with E-state index < -0.39 is 10.0 Å². The summed E-state index contributed by atoms with van der Waals surface area (Å²) in [5.74, 6) is -0.333. The summed E-state index contributed by atoms with van der Waals surface area (Å²) in [6.45, 7) is 0.628. The van der Waals surface area contributed by atoms with Gasteiger partial charge in [-0.3, -0.25) is 9.69 Å². The first-order valence-corrected chi connectivity index (χ1v) is 9.68. The Bertz CT molecular complexity index is 726. The van der Waals surface area contributed by atoms with Crippen LogP contribution >= 0.6 is 11.6 Å². The Hall–Kier alpha value is -1.64. The average molecular weight is 372 g/mol. The number of urea groups is 1. The third-order valence-electron chi connectivity index (χ3n) is 4.32. The summed E-state index contributed by atoms with van der Waals surface area (Å²) < 4.78 is 26.5. The highest BCUT2D eigenvalue weighted by Gasteiger charge is 2.38. The molecule has 2 heterocycles. The van der Waals surface area contributed by atoms with Crippen LogP contribution in [0.5, 0.6) is 0 Å². The zero-order valence-electron chi connectivity index (χ0n) is 12.9. The number of hydrogen-bond donors (Lipinski definition) is 1. The quantitative estimate of drug-likeness (QED) is 0.805. The molecular formula is C15H18ClN3O4S. The summed E-state index contributed by atoms with van der Waals surface area (Å²) in [5.41, 5.74) is 0.677. The minimum Gasteiger partial charge on any atom is -0.329 e. The lowest BCUT2D eigenvalue weighted by atomic mass is 10.1. The number of carbonyl (C=O) groups is 2. The molecule has 9 heteroatoms. The van der Waals surface area contributed by atoms with Gasteiger partial charge in [0.1, 0.15) is 0 Å². The second-order valence-corrected chi connectivity index (χ2v) is 8.34. The molecule has 0 saturated carbocycles. The van der Waals surface area contributed by atoms with E-state index in [0.717, 1.165) is 0 Å². The maximum absolute atomic E-state index is 12.5. The largest absolute Gasteiger partial charge is 0.329 e. The lowest BCUT2D eigenvalue weighted by Crippen LogP contribution is -2.49. The number of hydrogen-bond acceptors (Lipinski definition) is 4. The van der Waals surface area contributed by atoms with Crippen molar-refractivity contribution < 1.29 is 18.0 Å². The minimum absolute atomic E-state index is 0.0217. The number of amides is 3. The molecule has 3 rings (SSSR count). The van der Waals surface area contributed by atoms with Crippen molar-refractivity contribution in [1.29, 1.82) is 0 Å². The van der Waals surface area contributed by atoms with Crippen LogP contribution in [0.4, 0.5) is 4.79 Å². The Morgan fingerprint density at radius 3 is 2.29 bits per heavy atom. The Kier molecular flexibility index (Phi) is 4.80. The number of halogens is 1. The van der Waals surface area contributed by atoms with Crippen molar-refractivity contribution in [2.75, 3.05) is 19.6 Å². The molecule has 0 radical (unpaired) electrons. The second kappa shape index (κ2) is 6.70. The topological polar surface area (TPSA) is 86.8 Å². The molecule has 0 aliphatic carbocycles. The van der Waals surface area contributed by atoms with E-state index in [1.54, 1.807) is 24.3 Å². The van der Waals surface area contributed by atoms with E-state index in [2.05, 4.69) is 5.32 Å². The van der Waals surface area contributed by atoms with Crippen LogP contribution in [0.1, 0.15) is 18.4 Å². The van der Waals surface area contributed by atoms with E-state index in [0.29, 0.717) is 36.5 Å². The molecule has 0 aromatic heterocycles. The van der Waals surface area contributed by atoms with Crippen LogP contribution < -0.4 is 5.32 Å². The standard InChI is InChI=1S/C15H18ClN3O4S/c16-12-3-1-11(2-4-12)10-24(22,23)18-7-5-13(6-8-18)19-14(20)9-17-15(19)21/h1-4,13H,5-10H2,(H,17,21). The van der Waals surface area contributed by atoms with Gasteiger partial charge in [-0.05, 0) is 30.5 Å². The molecule has 1 aromatic carbocycles. The number of nitrogens with zero attached hydrogens (tertiary/aromatic N) is 2. The van der Waals surface area contributed by atoms with Crippen molar-refractivity contribution in [2.24, 2.45) is 0 Å². The van der Waals surface area contributed by atoms with Gasteiger partial charge in [0.25, 0.3) is 0 Å². The van der Waals surface area contributed by atoms with Crippen molar-refractivity contribution >= 4 is 33.6 Å². The van der Waals surface area contributed by atoms with Crippen molar-refractivity contribution in [1.82, 2.24) is 14.5 Å². The first-order chi connectivity index (χ1) is 11.4. The molecule has 1 N–H and O–H groups in total. The van der Waals surface area contributed by atoms with E-state index in [4.69, 9.17) is 11.6 Å². The highest BCUT2D eigenvalue weighted by Crippen LogP contribution is 2.23. The van der Waals surface area contributed by atoms with Crippen LogP contribution in [0.25, 0.3) is 0 Å². The maximum atomic E-state index is 12.5. The molecule has 0 atom stereocenters. The van der Waals surface area contributed by atoms with Gasteiger partial charge in [0.15, 0.2) is 0 Å². The Labute approximate surface area is 145 Å². The van der Waals surface area contributed by atoms with Gasteiger partial charge in [0.2, 0.25) is 15.9 Å². The number of imide groups is 1. The molecule has 24 heavy (non-hydrogen) atoms. The van der Waals surface area contributed by atoms with Crippen LogP contribution in [0, 0.1) is 0 Å². The summed E-state index contributed by atoms with van der Waals surface area (Å²) in [6.07, 6.45) is 0.915. The maximum Gasteiger partial charge on any atom is 0.324 e. The average Bonchev–Trinajstić information content (AvgIpc) is 2.88. The number of piperidine rings is 1. The van der Waals surface area contributed by atoms with Crippen molar-refractivity contribution in [3.8, 4) is 0 Å². The number of rotatable bonds is 4. The summed E-state index contributed by atoms with van der Waals surface area (Å²) in [6, 6.07) is 6.09. The van der Waals surface area contributed by atoms with E-state index in [1.165, 1.54) is 9.21 Å². The van der Waals surface area contributed by atoms with Crippen LogP contribution in [0.3, 0.4) is 0 Å². The minimum atomic E-state index is -3.44. The molecule has 3 amide bonds. The lowest BCUT2D eigenvalue weighted by molar-refractivity contribution is -0.127. The van der Waals surface area contributed by atoms with Gasteiger partial charge < -0.3 is 5.32 Å². The Balaban J connectivity index is 1.62. The first-order valence-electron chi connectivity index (χ1n) is 7.69. The van der Waals surface area contributed by atoms with Crippen molar-refractivity contribution in [2.45, 2.75) is 24.6 Å². The molecule has 0 bridgehead atoms. The molecule has 130 valence electrons. The van der Waals surface area contributed by atoms with Gasteiger partial charge in [-0.15, -0.1) is 0 Å². The number of nitrogens with one attached hydrogen (secondary N) is 1. The Morgan fingerprint density at radius 2 is 1.75 bits per heavy atom. The molecule has 2 fully saturated rings. The smallest absolute Gasteiger partial charge is 0.324 e. The Morgan fingerprint density at radius 1 is 1.12 bits per heavy atom. The predicted octanol–water partition coefficient (Wildman–Crippen LogP) is 1.19. The van der Waals surface area contributed by atoms with E-state index in [9.17, 15) is 18.0 Å². The van der Waals surface area contributed by atoms with Crippen LogP contribution in [-0.2, 0) is 20.6 Å². The molecule has 0 unspecified atom stereocenters. The van der Waals surface area contributed by atoms with Gasteiger partial charge in [0, 0.05) is 24.2 Å². The molecule has 2 aliphatic heterocycles. The van der Waals surface area contributed by atoms with Crippen LogP contribution in [0.15, 0.2) is 24.3 Å². The second-order valence-electron chi connectivity index (χ2n) is 5.94. The molecule has 1 aromatic rings. The van der Waals surface area contributed by atoms with Crippen LogP contribution in [0.2, 0.25) is 5.02 Å². The third kappa shape index (κ3) is 3.55. The molecule has 2 aliphatic rings. The zero-order valence-corrected chi connectivity index (χ0v) is 14.5. The predicted molar refractivity (Wildman–Crippen MR) is 88.9 cm³/mol. The van der Waals surface area contributed by atoms with E-state index in [1.807, 2.05) is 0 Å². The summed E-state index contributed by atoms with van der Waals surface area (Å²) in [4.78, 5) is 24.6. The summed E-state index contributed by atoms with van der Waals surface area (Å²) in [5, 5.41) is 3.05. The van der Waals surface area contributed by atoms with Gasteiger partial charge >= 0.3 is 6.03 Å². The normalized spacial score (nSPS) is 20.5. The number of benzene rings is 1. The number of sulfonamides is 1. The molecule has 2 saturated heterocycles. The first kappa shape index (κ1) is 17.2. The van der Waals surface area contributed by atoms with Gasteiger partial charge in [0.05, 0.1) is 12.3 Å². The summed E-state index contributed by atoms with van der Waals surface area (Å²) >= 11 is 5.81. The lowest BCUT2D eigenvalue weighted by Gasteiger charge is -2.34. The highest BCUT2D eigenvalue weighted by atomic mass is 35.5. The summed E-state index contributed by atoms with van der Waals surface area (Å²) in [7, 11) is -3.44. The fourth-order valence-corrected chi connectivity index (χ4v) is 4.75. The molecular weight excluding hydrogens is 354 g/mol. The molecule has 0 spiro atoms. The van der Waals surface area contributed by atoms with Crippen LogP contribution in [-0.4, -0.2) is 55.2 Å². The third-order valence-corrected chi connectivity index (χ3v) is 6.42. The van der Waals surface area contributed by atoms with Crippen molar-refractivity contribution in [3.05, 3.63) is 34.9 Å². The monoisotopic (exact) mass is 371 g/mol. The zero-order chi connectivity index (χ0) is 17.3. The van der Waals surface area contributed by atoms with Gasteiger partial charge in [-0.25, -0.2) is 17.5 Å². The van der Waals surface area contributed by atoms with Gasteiger partial charge in [-0.1, -0.05) is 23.7 Å². The SMILES string of the molecule is O=C1CNC(=O)N1C1CCN(S(=O)(=O)Cc2ccc(Cl)cc2)CC1. The van der Waals surface area contributed by atoms with Gasteiger partial charge in [-0.2, -0.15) is 0 Å². The highest BCUT2D eigenvalue weighted by molar-refractivity contribution is 7.88. The van der Waals surface area contributed by atoms with E-state index in [-0.39, 0.29) is 30.3 Å².